The first-order valence-corrected chi connectivity index (χ1v) is 7.88. The number of nitrogens with one attached hydrogen (secondary N) is 1. The van der Waals surface area contributed by atoms with Gasteiger partial charge in [-0.15, -0.1) is 0 Å². The highest BCUT2D eigenvalue weighted by molar-refractivity contribution is 5.93. The quantitative estimate of drug-likeness (QED) is 0.895. The summed E-state index contributed by atoms with van der Waals surface area (Å²) in [5.41, 5.74) is 9.02. The minimum Gasteiger partial charge on any atom is -0.333 e. The van der Waals surface area contributed by atoms with Crippen molar-refractivity contribution >= 4 is 11.7 Å². The Morgan fingerprint density at radius 3 is 2.86 bits per heavy atom. The zero-order valence-corrected chi connectivity index (χ0v) is 13.4. The molecule has 1 heterocycles. The Bertz CT molecular complexity index is 511. The summed E-state index contributed by atoms with van der Waals surface area (Å²) in [5.74, 6) is 0. The first-order chi connectivity index (χ1) is 9.96. The molecule has 4 heteroatoms. The molecule has 0 unspecified atom stereocenters. The minimum absolute atomic E-state index is 0.00868. The number of carbonyl (C=O) groups excluding carboxylic acids is 1. The van der Waals surface area contributed by atoms with Gasteiger partial charge in [0, 0.05) is 17.8 Å². The Labute approximate surface area is 127 Å². The van der Waals surface area contributed by atoms with Gasteiger partial charge >= 0.3 is 6.03 Å². The third-order valence-electron chi connectivity index (χ3n) is 4.27. The molecule has 0 atom stereocenters. The molecule has 116 valence electrons. The van der Waals surface area contributed by atoms with Gasteiger partial charge in [-0.25, -0.2) is 4.79 Å². The van der Waals surface area contributed by atoms with Crippen molar-refractivity contribution < 1.29 is 4.79 Å². The standard InChI is InChI=1S/C17H27N3O/c1-4-17(2,3)19-16(21)20-11-5-6-14-12-13(9-10-18)7-8-15(14)20/h7-8,12H,4-6,9-11,18H2,1-3H3,(H,19,21). The lowest BCUT2D eigenvalue weighted by Crippen LogP contribution is -2.51. The lowest BCUT2D eigenvalue weighted by atomic mass is 9.98. The summed E-state index contributed by atoms with van der Waals surface area (Å²) in [7, 11) is 0. The minimum atomic E-state index is -0.172. The molecule has 0 bridgehead atoms. The van der Waals surface area contributed by atoms with Gasteiger partial charge in [0.25, 0.3) is 0 Å². The molecule has 2 rings (SSSR count). The maximum atomic E-state index is 12.5. The first-order valence-electron chi connectivity index (χ1n) is 7.88. The number of hydrogen-bond acceptors (Lipinski definition) is 2. The Morgan fingerprint density at radius 2 is 2.19 bits per heavy atom. The molecule has 1 aliphatic heterocycles. The van der Waals surface area contributed by atoms with Crippen LogP contribution in [0, 0.1) is 0 Å². The van der Waals surface area contributed by atoms with Crippen LogP contribution in [0.5, 0.6) is 0 Å². The van der Waals surface area contributed by atoms with Crippen molar-refractivity contribution in [3.05, 3.63) is 29.3 Å². The molecular formula is C17H27N3O. The number of rotatable bonds is 4. The van der Waals surface area contributed by atoms with Crippen LogP contribution in [0.15, 0.2) is 18.2 Å². The summed E-state index contributed by atoms with van der Waals surface area (Å²) in [6, 6.07) is 6.36. The number of nitrogens with zero attached hydrogens (tertiary/aromatic N) is 1. The summed E-state index contributed by atoms with van der Waals surface area (Å²) >= 11 is 0. The highest BCUT2D eigenvalue weighted by atomic mass is 16.2. The van der Waals surface area contributed by atoms with Crippen LogP contribution in [0.4, 0.5) is 10.5 Å². The second-order valence-electron chi connectivity index (χ2n) is 6.42. The van der Waals surface area contributed by atoms with Gasteiger partial charge in [0.05, 0.1) is 0 Å². The number of carbonyl (C=O) groups is 1. The zero-order valence-electron chi connectivity index (χ0n) is 13.4. The Hall–Kier alpha value is -1.55. The summed E-state index contributed by atoms with van der Waals surface area (Å²) in [6.07, 6.45) is 3.85. The predicted octanol–water partition coefficient (Wildman–Crippen LogP) is 2.84. The number of anilines is 1. The van der Waals surface area contributed by atoms with Gasteiger partial charge in [-0.05, 0) is 63.3 Å². The van der Waals surface area contributed by atoms with E-state index in [4.69, 9.17) is 5.73 Å². The van der Waals surface area contributed by atoms with E-state index in [0.717, 1.165) is 37.9 Å². The molecule has 0 saturated carbocycles. The third-order valence-corrected chi connectivity index (χ3v) is 4.27. The summed E-state index contributed by atoms with van der Waals surface area (Å²) in [5, 5.41) is 3.12. The van der Waals surface area contributed by atoms with Gasteiger partial charge in [0.1, 0.15) is 0 Å². The third kappa shape index (κ3) is 3.76. The van der Waals surface area contributed by atoms with Crippen molar-refractivity contribution in [2.24, 2.45) is 5.73 Å². The van der Waals surface area contributed by atoms with E-state index in [2.05, 4.69) is 44.3 Å². The van der Waals surface area contributed by atoms with E-state index in [1.807, 2.05) is 4.90 Å². The molecule has 4 nitrogen and oxygen atoms in total. The highest BCUT2D eigenvalue weighted by Crippen LogP contribution is 2.28. The van der Waals surface area contributed by atoms with Crippen LogP contribution in [-0.2, 0) is 12.8 Å². The number of urea groups is 1. The van der Waals surface area contributed by atoms with E-state index in [-0.39, 0.29) is 11.6 Å². The molecule has 0 radical (unpaired) electrons. The fourth-order valence-corrected chi connectivity index (χ4v) is 2.63. The van der Waals surface area contributed by atoms with Gasteiger partial charge in [-0.1, -0.05) is 19.1 Å². The maximum absolute atomic E-state index is 12.5. The topological polar surface area (TPSA) is 58.4 Å². The molecular weight excluding hydrogens is 262 g/mol. The van der Waals surface area contributed by atoms with Gasteiger partial charge < -0.3 is 11.1 Å². The monoisotopic (exact) mass is 289 g/mol. The second kappa shape index (κ2) is 6.48. The molecule has 2 amide bonds. The largest absolute Gasteiger partial charge is 0.333 e. The first kappa shape index (κ1) is 15.8. The van der Waals surface area contributed by atoms with E-state index in [0.29, 0.717) is 6.54 Å². The number of aryl methyl sites for hydroxylation is 1. The maximum Gasteiger partial charge on any atom is 0.322 e. The summed E-state index contributed by atoms with van der Waals surface area (Å²) in [4.78, 5) is 14.4. The van der Waals surface area contributed by atoms with Crippen LogP contribution in [-0.4, -0.2) is 24.7 Å². The fraction of sp³-hybridized carbons (Fsp3) is 0.588. The number of amides is 2. The average Bonchev–Trinajstić information content (AvgIpc) is 2.46. The highest BCUT2D eigenvalue weighted by Gasteiger charge is 2.26. The van der Waals surface area contributed by atoms with Crippen LogP contribution in [0.25, 0.3) is 0 Å². The smallest absolute Gasteiger partial charge is 0.322 e. The molecule has 3 N–H and O–H groups in total. The van der Waals surface area contributed by atoms with Crippen LogP contribution in [0.2, 0.25) is 0 Å². The molecule has 1 aliphatic rings. The number of nitrogens with two attached hydrogens (primary N) is 1. The second-order valence-corrected chi connectivity index (χ2v) is 6.42. The number of benzene rings is 1. The molecule has 0 saturated heterocycles. The Balaban J connectivity index is 2.20. The van der Waals surface area contributed by atoms with E-state index in [1.165, 1.54) is 11.1 Å². The van der Waals surface area contributed by atoms with Crippen molar-refractivity contribution in [2.45, 2.75) is 52.0 Å². The Morgan fingerprint density at radius 1 is 1.43 bits per heavy atom. The Kier molecular flexibility index (Phi) is 4.88. The van der Waals surface area contributed by atoms with E-state index in [1.54, 1.807) is 0 Å². The van der Waals surface area contributed by atoms with Crippen molar-refractivity contribution in [3.8, 4) is 0 Å². The molecule has 21 heavy (non-hydrogen) atoms. The van der Waals surface area contributed by atoms with Gasteiger partial charge in [0.15, 0.2) is 0 Å². The van der Waals surface area contributed by atoms with Crippen LogP contribution < -0.4 is 16.0 Å². The van der Waals surface area contributed by atoms with Crippen LogP contribution in [0.1, 0.15) is 44.7 Å². The van der Waals surface area contributed by atoms with Gasteiger partial charge in [-0.2, -0.15) is 0 Å². The van der Waals surface area contributed by atoms with Crippen molar-refractivity contribution in [3.63, 3.8) is 0 Å². The van der Waals surface area contributed by atoms with Crippen LogP contribution >= 0.6 is 0 Å². The predicted molar refractivity (Wildman–Crippen MR) is 87.8 cm³/mol. The molecule has 0 fully saturated rings. The van der Waals surface area contributed by atoms with Gasteiger partial charge in [-0.3, -0.25) is 4.90 Å². The molecule has 1 aromatic rings. The summed E-state index contributed by atoms with van der Waals surface area (Å²) < 4.78 is 0. The average molecular weight is 289 g/mol. The molecule has 1 aromatic carbocycles. The SMILES string of the molecule is CCC(C)(C)NC(=O)N1CCCc2cc(CCN)ccc21. The lowest BCUT2D eigenvalue weighted by Gasteiger charge is -2.34. The molecule has 0 aliphatic carbocycles. The number of hydrogen-bond donors (Lipinski definition) is 2. The molecule has 0 aromatic heterocycles. The van der Waals surface area contributed by atoms with Crippen molar-refractivity contribution in [1.29, 1.82) is 0 Å². The van der Waals surface area contributed by atoms with Crippen LogP contribution in [0.3, 0.4) is 0 Å². The zero-order chi connectivity index (χ0) is 15.5. The van der Waals surface area contributed by atoms with Crippen molar-refractivity contribution in [2.75, 3.05) is 18.0 Å². The number of fused-ring (bicyclic) bond motifs is 1. The van der Waals surface area contributed by atoms with E-state index < -0.39 is 0 Å². The summed E-state index contributed by atoms with van der Waals surface area (Å²) in [6.45, 7) is 7.65. The fourth-order valence-electron chi connectivity index (χ4n) is 2.63. The van der Waals surface area contributed by atoms with Crippen molar-refractivity contribution in [1.82, 2.24) is 5.32 Å². The molecule has 0 spiro atoms. The van der Waals surface area contributed by atoms with E-state index in [9.17, 15) is 4.79 Å². The lowest BCUT2D eigenvalue weighted by molar-refractivity contribution is 0.234. The normalized spacial score (nSPS) is 14.8. The van der Waals surface area contributed by atoms with E-state index >= 15 is 0 Å². The van der Waals surface area contributed by atoms with Gasteiger partial charge in [0.2, 0.25) is 0 Å².